The minimum Gasteiger partial charge on any atom is -0.356 e. The van der Waals surface area contributed by atoms with Crippen LogP contribution < -0.4 is 10.6 Å². The number of rotatable bonds is 8. The first kappa shape index (κ1) is 22.1. The van der Waals surface area contributed by atoms with Crippen LogP contribution in [0.3, 0.4) is 0 Å². The molecule has 0 radical (unpaired) electrons. The molecule has 1 aliphatic heterocycles. The molecule has 0 spiro atoms. The van der Waals surface area contributed by atoms with Gasteiger partial charge in [-0.3, -0.25) is 9.89 Å². The number of fused-ring (bicyclic) bond motifs is 1. The fourth-order valence-electron chi connectivity index (χ4n) is 3.31. The Morgan fingerprint density at radius 2 is 1.92 bits per heavy atom. The Bertz CT molecular complexity index is 531. The normalized spacial score (nSPS) is 14.2. The molecule has 1 aromatic rings. The van der Waals surface area contributed by atoms with Crippen molar-refractivity contribution in [1.82, 2.24) is 30.3 Å². The van der Waals surface area contributed by atoms with Crippen LogP contribution in [0.15, 0.2) is 4.99 Å². The third kappa shape index (κ3) is 6.40. The SMILES string of the molecule is CN=C(NCCCN(C(C)C)C(C)C)NCc1nnc2n1CCC2.I. The van der Waals surface area contributed by atoms with Gasteiger partial charge in [-0.05, 0) is 40.5 Å². The molecule has 144 valence electrons. The van der Waals surface area contributed by atoms with Crippen LogP contribution in [-0.4, -0.2) is 57.8 Å². The lowest BCUT2D eigenvalue weighted by atomic mass is 10.2. The van der Waals surface area contributed by atoms with Crippen molar-refractivity contribution in [2.45, 2.75) is 72.1 Å². The van der Waals surface area contributed by atoms with Gasteiger partial charge in [-0.2, -0.15) is 0 Å². The van der Waals surface area contributed by atoms with Crippen molar-refractivity contribution < 1.29 is 0 Å². The Morgan fingerprint density at radius 1 is 1.20 bits per heavy atom. The lowest BCUT2D eigenvalue weighted by molar-refractivity contribution is 0.173. The van der Waals surface area contributed by atoms with Crippen molar-refractivity contribution in [3.63, 3.8) is 0 Å². The van der Waals surface area contributed by atoms with Crippen molar-refractivity contribution in [2.24, 2.45) is 4.99 Å². The number of nitrogens with zero attached hydrogens (tertiary/aromatic N) is 5. The molecule has 25 heavy (non-hydrogen) atoms. The first-order chi connectivity index (χ1) is 11.5. The summed E-state index contributed by atoms with van der Waals surface area (Å²) in [7, 11) is 1.80. The van der Waals surface area contributed by atoms with Gasteiger partial charge in [0.2, 0.25) is 0 Å². The zero-order valence-corrected chi connectivity index (χ0v) is 18.6. The molecule has 0 bridgehead atoms. The maximum absolute atomic E-state index is 4.29. The van der Waals surface area contributed by atoms with E-state index in [1.54, 1.807) is 7.05 Å². The summed E-state index contributed by atoms with van der Waals surface area (Å²) in [4.78, 5) is 6.80. The van der Waals surface area contributed by atoms with Crippen LogP contribution in [-0.2, 0) is 19.5 Å². The highest BCUT2D eigenvalue weighted by Gasteiger charge is 2.17. The third-order valence-electron chi connectivity index (χ3n) is 4.54. The zero-order valence-electron chi connectivity index (χ0n) is 16.2. The van der Waals surface area contributed by atoms with Crippen molar-refractivity contribution >= 4 is 29.9 Å². The van der Waals surface area contributed by atoms with Crippen molar-refractivity contribution in [3.8, 4) is 0 Å². The minimum absolute atomic E-state index is 0. The highest BCUT2D eigenvalue weighted by molar-refractivity contribution is 14.0. The lowest BCUT2D eigenvalue weighted by Crippen LogP contribution is -2.41. The predicted octanol–water partition coefficient (Wildman–Crippen LogP) is 2.02. The molecule has 2 heterocycles. The van der Waals surface area contributed by atoms with E-state index in [0.29, 0.717) is 18.6 Å². The zero-order chi connectivity index (χ0) is 17.5. The maximum atomic E-state index is 4.29. The van der Waals surface area contributed by atoms with Gasteiger partial charge in [0.25, 0.3) is 0 Å². The molecule has 0 fully saturated rings. The Balaban J connectivity index is 0.00000312. The standard InChI is InChI=1S/C17H33N7.HI/c1-13(2)23(14(3)4)11-7-9-19-17(18-5)20-12-16-22-21-15-8-6-10-24(15)16;/h13-14H,6-12H2,1-5H3,(H2,18,19,20);1H. The Hall–Kier alpha value is -0.900. The molecular weight excluding hydrogens is 429 g/mol. The van der Waals surface area contributed by atoms with Crippen LogP contribution in [0.4, 0.5) is 0 Å². The number of nitrogens with one attached hydrogen (secondary N) is 2. The molecule has 1 aromatic heterocycles. The van der Waals surface area contributed by atoms with Crippen LogP contribution in [0.25, 0.3) is 0 Å². The fraction of sp³-hybridized carbons (Fsp3) is 0.824. The van der Waals surface area contributed by atoms with Gasteiger partial charge in [0, 0.05) is 45.2 Å². The maximum Gasteiger partial charge on any atom is 0.191 e. The number of hydrogen-bond acceptors (Lipinski definition) is 4. The monoisotopic (exact) mass is 463 g/mol. The van der Waals surface area contributed by atoms with Gasteiger partial charge in [-0.15, -0.1) is 34.2 Å². The van der Waals surface area contributed by atoms with Gasteiger partial charge in [-0.1, -0.05) is 0 Å². The number of guanidine groups is 1. The second kappa shape index (κ2) is 10.9. The molecule has 0 amide bonds. The molecule has 0 saturated heterocycles. The topological polar surface area (TPSA) is 70.4 Å². The molecule has 0 aromatic carbocycles. The van der Waals surface area contributed by atoms with Gasteiger partial charge in [0.05, 0.1) is 6.54 Å². The first-order valence-electron chi connectivity index (χ1n) is 9.14. The van der Waals surface area contributed by atoms with E-state index in [0.717, 1.165) is 50.1 Å². The quantitative estimate of drug-likeness (QED) is 0.267. The van der Waals surface area contributed by atoms with E-state index in [1.165, 1.54) is 6.42 Å². The summed E-state index contributed by atoms with van der Waals surface area (Å²) in [6, 6.07) is 1.16. The number of hydrogen-bond donors (Lipinski definition) is 2. The highest BCUT2D eigenvalue weighted by atomic mass is 127. The summed E-state index contributed by atoms with van der Waals surface area (Å²) in [6.45, 7) is 12.7. The van der Waals surface area contributed by atoms with Gasteiger partial charge < -0.3 is 15.2 Å². The molecule has 2 N–H and O–H groups in total. The third-order valence-corrected chi connectivity index (χ3v) is 4.54. The molecule has 0 unspecified atom stereocenters. The molecule has 0 atom stereocenters. The van der Waals surface area contributed by atoms with Crippen LogP contribution in [0.1, 0.15) is 52.2 Å². The van der Waals surface area contributed by atoms with Gasteiger partial charge in [-0.25, -0.2) is 0 Å². The molecular formula is C17H34IN7. The van der Waals surface area contributed by atoms with Crippen LogP contribution in [0.5, 0.6) is 0 Å². The van der Waals surface area contributed by atoms with E-state index < -0.39 is 0 Å². The molecule has 1 aliphatic rings. The van der Waals surface area contributed by atoms with Gasteiger partial charge in [0.15, 0.2) is 11.8 Å². The average molecular weight is 463 g/mol. The summed E-state index contributed by atoms with van der Waals surface area (Å²) in [5, 5.41) is 15.2. The summed E-state index contributed by atoms with van der Waals surface area (Å²) in [5.74, 6) is 2.93. The number of aryl methyl sites for hydroxylation is 1. The van der Waals surface area contributed by atoms with Crippen molar-refractivity contribution in [2.75, 3.05) is 20.1 Å². The van der Waals surface area contributed by atoms with E-state index in [1.807, 2.05) is 0 Å². The van der Waals surface area contributed by atoms with Crippen LogP contribution >= 0.6 is 24.0 Å². The van der Waals surface area contributed by atoms with E-state index in [4.69, 9.17) is 0 Å². The summed E-state index contributed by atoms with van der Waals surface area (Å²) in [5.41, 5.74) is 0. The van der Waals surface area contributed by atoms with E-state index in [-0.39, 0.29) is 24.0 Å². The van der Waals surface area contributed by atoms with Crippen LogP contribution in [0, 0.1) is 0 Å². The van der Waals surface area contributed by atoms with Crippen LogP contribution in [0.2, 0.25) is 0 Å². The second-order valence-electron chi connectivity index (χ2n) is 6.92. The number of aliphatic imine (C=N–C) groups is 1. The molecule has 0 aliphatic carbocycles. The lowest BCUT2D eigenvalue weighted by Gasteiger charge is -2.30. The smallest absolute Gasteiger partial charge is 0.191 e. The molecule has 2 rings (SSSR count). The Kier molecular flexibility index (Phi) is 9.70. The Morgan fingerprint density at radius 3 is 2.56 bits per heavy atom. The summed E-state index contributed by atoms with van der Waals surface area (Å²) in [6.07, 6.45) is 3.31. The molecule has 0 saturated carbocycles. The van der Waals surface area contributed by atoms with Crippen molar-refractivity contribution in [1.29, 1.82) is 0 Å². The van der Waals surface area contributed by atoms with Gasteiger partial charge in [0.1, 0.15) is 5.82 Å². The first-order valence-corrected chi connectivity index (χ1v) is 9.14. The minimum atomic E-state index is 0. The van der Waals surface area contributed by atoms with Crippen molar-refractivity contribution in [3.05, 3.63) is 11.6 Å². The predicted molar refractivity (Wildman–Crippen MR) is 114 cm³/mol. The summed E-state index contributed by atoms with van der Waals surface area (Å²) < 4.78 is 2.21. The van der Waals surface area contributed by atoms with Gasteiger partial charge >= 0.3 is 0 Å². The number of aromatic nitrogens is 3. The summed E-state index contributed by atoms with van der Waals surface area (Å²) >= 11 is 0. The number of halogens is 1. The molecule has 7 nitrogen and oxygen atoms in total. The Labute approximate surface area is 169 Å². The van der Waals surface area contributed by atoms with E-state index in [9.17, 15) is 0 Å². The highest BCUT2D eigenvalue weighted by Crippen LogP contribution is 2.13. The van der Waals surface area contributed by atoms with E-state index in [2.05, 4.69) is 63.0 Å². The largest absolute Gasteiger partial charge is 0.356 e. The average Bonchev–Trinajstić information content (AvgIpc) is 3.13. The van der Waals surface area contributed by atoms with E-state index >= 15 is 0 Å². The fourth-order valence-corrected chi connectivity index (χ4v) is 3.31. The molecule has 8 heteroatoms. The second-order valence-corrected chi connectivity index (χ2v) is 6.92.